The minimum absolute atomic E-state index is 0.299. The minimum atomic E-state index is -3.70. The van der Waals surface area contributed by atoms with Crippen molar-refractivity contribution in [3.8, 4) is 12.3 Å². The number of carboxylic acid groups (broad SMARTS) is 1. The van der Waals surface area contributed by atoms with Gasteiger partial charge in [-0.2, -0.15) is 8.78 Å². The summed E-state index contributed by atoms with van der Waals surface area (Å²) in [6.07, 6.45) is 5.98. The normalized spacial score (nSPS) is 10.8. The fourth-order valence-corrected chi connectivity index (χ4v) is 0.636. The highest BCUT2D eigenvalue weighted by atomic mass is 19.3. The van der Waals surface area contributed by atoms with Crippen LogP contribution in [0.15, 0.2) is 0 Å². The maximum Gasteiger partial charge on any atom is 0.375 e. The Morgan fingerprint density at radius 3 is 2.69 bits per heavy atom. The third kappa shape index (κ3) is 5.15. The maximum absolute atomic E-state index is 12.4. The van der Waals surface area contributed by atoms with E-state index in [9.17, 15) is 13.6 Å². The lowest BCUT2D eigenvalue weighted by atomic mass is 10.3. The van der Waals surface area contributed by atoms with Crippen LogP contribution in [-0.4, -0.2) is 30.1 Å². The molecule has 0 aliphatic rings. The van der Waals surface area contributed by atoms with Gasteiger partial charge < -0.3 is 10.4 Å². The molecule has 0 saturated heterocycles. The summed E-state index contributed by atoms with van der Waals surface area (Å²) in [6.45, 7) is -0.556. The molecule has 0 bridgehead atoms. The maximum atomic E-state index is 12.4. The number of carboxylic acids is 1. The molecular formula is C8H11F2NO2. The summed E-state index contributed by atoms with van der Waals surface area (Å²) in [5.74, 6) is -3.47. The number of aliphatic carboxylic acids is 1. The van der Waals surface area contributed by atoms with E-state index in [1.165, 1.54) is 0 Å². The van der Waals surface area contributed by atoms with Gasteiger partial charge in [0, 0.05) is 6.42 Å². The molecule has 0 amide bonds. The summed E-state index contributed by atoms with van der Waals surface area (Å²) in [4.78, 5) is 9.92. The Labute approximate surface area is 75.1 Å². The number of rotatable bonds is 6. The molecule has 0 aromatic carbocycles. The zero-order valence-electron chi connectivity index (χ0n) is 7.02. The van der Waals surface area contributed by atoms with Crippen molar-refractivity contribution >= 4 is 5.97 Å². The van der Waals surface area contributed by atoms with Crippen LogP contribution in [0.1, 0.15) is 12.8 Å². The molecule has 0 spiro atoms. The summed E-state index contributed by atoms with van der Waals surface area (Å²) >= 11 is 0. The smallest absolute Gasteiger partial charge is 0.375 e. The van der Waals surface area contributed by atoms with Crippen LogP contribution in [0, 0.1) is 12.3 Å². The summed E-state index contributed by atoms with van der Waals surface area (Å²) in [7, 11) is 0. The predicted molar refractivity (Wildman–Crippen MR) is 43.5 cm³/mol. The monoisotopic (exact) mass is 191 g/mol. The molecule has 0 rings (SSSR count). The fraction of sp³-hybridized carbons (Fsp3) is 0.625. The van der Waals surface area contributed by atoms with Crippen molar-refractivity contribution in [3.05, 3.63) is 0 Å². The topological polar surface area (TPSA) is 49.3 Å². The lowest BCUT2D eigenvalue weighted by molar-refractivity contribution is -0.163. The van der Waals surface area contributed by atoms with Gasteiger partial charge in [0.2, 0.25) is 0 Å². The number of alkyl halides is 2. The minimum Gasteiger partial charge on any atom is -0.477 e. The summed E-state index contributed by atoms with van der Waals surface area (Å²) in [6, 6.07) is 0. The largest absolute Gasteiger partial charge is 0.477 e. The molecule has 0 radical (unpaired) electrons. The van der Waals surface area contributed by atoms with Crippen molar-refractivity contribution < 1.29 is 18.7 Å². The molecule has 2 N–H and O–H groups in total. The van der Waals surface area contributed by atoms with Crippen molar-refractivity contribution in [2.45, 2.75) is 18.8 Å². The molecule has 0 fully saturated rings. The van der Waals surface area contributed by atoms with Crippen LogP contribution in [0.4, 0.5) is 8.78 Å². The Bertz CT molecular complexity index is 211. The van der Waals surface area contributed by atoms with Crippen LogP contribution in [0.5, 0.6) is 0 Å². The van der Waals surface area contributed by atoms with Crippen molar-refractivity contribution in [2.24, 2.45) is 0 Å². The first kappa shape index (κ1) is 11.8. The highest BCUT2D eigenvalue weighted by Gasteiger charge is 2.37. The quantitative estimate of drug-likeness (QED) is 0.480. The predicted octanol–water partition coefficient (Wildman–Crippen LogP) is 0.709. The SMILES string of the molecule is C#CCCCNCC(F)(F)C(=O)O. The van der Waals surface area contributed by atoms with Crippen LogP contribution in [-0.2, 0) is 4.79 Å². The molecule has 5 heteroatoms. The van der Waals surface area contributed by atoms with Crippen LogP contribution in [0.2, 0.25) is 0 Å². The number of hydrogen-bond acceptors (Lipinski definition) is 2. The molecular weight excluding hydrogens is 180 g/mol. The second-order valence-corrected chi connectivity index (χ2v) is 2.49. The summed E-state index contributed by atoms with van der Waals surface area (Å²) in [5, 5.41) is 10.3. The van der Waals surface area contributed by atoms with Gasteiger partial charge in [-0.1, -0.05) is 0 Å². The number of nitrogens with one attached hydrogen (secondary N) is 1. The highest BCUT2D eigenvalue weighted by molar-refractivity contribution is 5.75. The van der Waals surface area contributed by atoms with E-state index < -0.39 is 18.4 Å². The van der Waals surface area contributed by atoms with Crippen molar-refractivity contribution in [3.63, 3.8) is 0 Å². The Morgan fingerprint density at radius 1 is 1.62 bits per heavy atom. The number of carbonyl (C=O) groups is 1. The standard InChI is InChI=1S/C8H11F2NO2/c1-2-3-4-5-11-6-8(9,10)7(12)13/h1,11H,3-6H2,(H,12,13). The van der Waals surface area contributed by atoms with Crippen molar-refractivity contribution in [1.29, 1.82) is 0 Å². The van der Waals surface area contributed by atoms with Crippen LogP contribution >= 0.6 is 0 Å². The van der Waals surface area contributed by atoms with Gasteiger partial charge in [-0.3, -0.25) is 0 Å². The molecule has 74 valence electrons. The summed E-state index contributed by atoms with van der Waals surface area (Å²) < 4.78 is 24.7. The van der Waals surface area contributed by atoms with Gasteiger partial charge in [0.25, 0.3) is 0 Å². The van der Waals surface area contributed by atoms with Gasteiger partial charge in [-0.15, -0.1) is 12.3 Å². The zero-order valence-corrected chi connectivity index (χ0v) is 7.02. The Balaban J connectivity index is 3.53. The third-order valence-electron chi connectivity index (χ3n) is 1.33. The Hall–Kier alpha value is -1.15. The molecule has 0 saturated carbocycles. The van der Waals surface area contributed by atoms with E-state index in [-0.39, 0.29) is 0 Å². The molecule has 0 atom stereocenters. The second kappa shape index (κ2) is 5.49. The molecule has 0 aliphatic carbocycles. The van der Waals surface area contributed by atoms with E-state index in [1.807, 2.05) is 0 Å². The van der Waals surface area contributed by atoms with E-state index in [0.29, 0.717) is 19.4 Å². The molecule has 13 heavy (non-hydrogen) atoms. The molecule has 0 aliphatic heterocycles. The average Bonchev–Trinajstić information content (AvgIpc) is 2.03. The van der Waals surface area contributed by atoms with Crippen LogP contribution in [0.3, 0.4) is 0 Å². The molecule has 0 heterocycles. The lowest BCUT2D eigenvalue weighted by Crippen LogP contribution is -2.40. The van der Waals surface area contributed by atoms with Gasteiger partial charge in [-0.25, -0.2) is 4.79 Å². The molecule has 0 aromatic rings. The van der Waals surface area contributed by atoms with Gasteiger partial charge >= 0.3 is 11.9 Å². The average molecular weight is 191 g/mol. The fourth-order valence-electron chi connectivity index (χ4n) is 0.636. The van der Waals surface area contributed by atoms with E-state index >= 15 is 0 Å². The second-order valence-electron chi connectivity index (χ2n) is 2.49. The van der Waals surface area contributed by atoms with Crippen LogP contribution < -0.4 is 5.32 Å². The third-order valence-corrected chi connectivity index (χ3v) is 1.33. The first-order valence-corrected chi connectivity index (χ1v) is 3.76. The number of unbranched alkanes of at least 4 members (excludes halogenated alkanes) is 1. The highest BCUT2D eigenvalue weighted by Crippen LogP contribution is 2.11. The zero-order chi connectivity index (χ0) is 10.3. The Kier molecular flexibility index (Phi) is 5.00. The van der Waals surface area contributed by atoms with E-state index in [2.05, 4.69) is 11.2 Å². The van der Waals surface area contributed by atoms with Crippen LogP contribution in [0.25, 0.3) is 0 Å². The molecule has 0 aromatic heterocycles. The van der Waals surface area contributed by atoms with E-state index in [1.54, 1.807) is 0 Å². The number of halogens is 2. The van der Waals surface area contributed by atoms with Gasteiger partial charge in [-0.05, 0) is 13.0 Å². The first-order chi connectivity index (χ1) is 6.00. The van der Waals surface area contributed by atoms with E-state index in [0.717, 1.165) is 0 Å². The van der Waals surface area contributed by atoms with Gasteiger partial charge in [0.05, 0.1) is 6.54 Å². The Morgan fingerprint density at radius 2 is 2.23 bits per heavy atom. The van der Waals surface area contributed by atoms with E-state index in [4.69, 9.17) is 11.5 Å². The van der Waals surface area contributed by atoms with Gasteiger partial charge in [0.15, 0.2) is 0 Å². The summed E-state index contributed by atoms with van der Waals surface area (Å²) in [5.41, 5.74) is 0. The first-order valence-electron chi connectivity index (χ1n) is 3.76. The number of terminal acetylenes is 1. The molecule has 3 nitrogen and oxygen atoms in total. The van der Waals surface area contributed by atoms with Crippen molar-refractivity contribution in [2.75, 3.05) is 13.1 Å². The van der Waals surface area contributed by atoms with Crippen molar-refractivity contribution in [1.82, 2.24) is 5.32 Å². The number of hydrogen-bond donors (Lipinski definition) is 2. The van der Waals surface area contributed by atoms with Gasteiger partial charge in [0.1, 0.15) is 0 Å². The lowest BCUT2D eigenvalue weighted by Gasteiger charge is -2.11. The molecule has 0 unspecified atom stereocenters.